The Labute approximate surface area is 175 Å². The van der Waals surface area contributed by atoms with Crippen molar-refractivity contribution in [3.63, 3.8) is 0 Å². The highest BCUT2D eigenvalue weighted by Crippen LogP contribution is 2.20. The fourth-order valence-electron chi connectivity index (χ4n) is 2.94. The smallest absolute Gasteiger partial charge is 0.257 e. The molecule has 3 aromatic rings. The first-order valence-corrected chi connectivity index (χ1v) is 9.68. The SMILES string of the molecule is CCN(Cc1ccc(C(=O)N(C)C)cc1)C(=O)c1cnn(-c2ccccc2Cl)c1. The van der Waals surface area contributed by atoms with Gasteiger partial charge in [0, 0.05) is 38.9 Å². The van der Waals surface area contributed by atoms with Crippen LogP contribution in [0.3, 0.4) is 0 Å². The zero-order valence-corrected chi connectivity index (χ0v) is 17.4. The van der Waals surface area contributed by atoms with Crippen LogP contribution in [0.1, 0.15) is 33.2 Å². The zero-order valence-electron chi connectivity index (χ0n) is 16.7. The lowest BCUT2D eigenvalue weighted by atomic mass is 10.1. The quantitative estimate of drug-likeness (QED) is 0.619. The Kier molecular flexibility index (Phi) is 6.34. The minimum absolute atomic E-state index is 0.0491. The zero-order chi connectivity index (χ0) is 21.0. The molecule has 0 unspecified atom stereocenters. The Bertz CT molecular complexity index is 1010. The highest BCUT2D eigenvalue weighted by molar-refractivity contribution is 6.32. The van der Waals surface area contributed by atoms with Gasteiger partial charge in [0.2, 0.25) is 0 Å². The van der Waals surface area contributed by atoms with E-state index in [1.165, 1.54) is 4.90 Å². The van der Waals surface area contributed by atoms with E-state index in [0.717, 1.165) is 11.3 Å². The molecule has 150 valence electrons. The third-order valence-electron chi connectivity index (χ3n) is 4.58. The summed E-state index contributed by atoms with van der Waals surface area (Å²) in [4.78, 5) is 28.2. The summed E-state index contributed by atoms with van der Waals surface area (Å²) in [5.74, 6) is -0.161. The Morgan fingerprint density at radius 2 is 1.69 bits per heavy atom. The van der Waals surface area contributed by atoms with Gasteiger partial charge >= 0.3 is 0 Å². The van der Waals surface area contributed by atoms with Crippen molar-refractivity contribution in [3.8, 4) is 5.69 Å². The maximum atomic E-state index is 13.0. The predicted octanol–water partition coefficient (Wildman–Crippen LogP) is 3.89. The second-order valence-electron chi connectivity index (χ2n) is 6.84. The number of amides is 2. The summed E-state index contributed by atoms with van der Waals surface area (Å²) < 4.78 is 1.60. The molecule has 0 aliphatic carbocycles. The van der Waals surface area contributed by atoms with Crippen molar-refractivity contribution in [1.29, 1.82) is 0 Å². The Hall–Kier alpha value is -3.12. The Morgan fingerprint density at radius 3 is 2.31 bits per heavy atom. The summed E-state index contributed by atoms with van der Waals surface area (Å²) in [6.45, 7) is 2.93. The van der Waals surface area contributed by atoms with E-state index in [-0.39, 0.29) is 11.8 Å². The number of carbonyl (C=O) groups excluding carboxylic acids is 2. The van der Waals surface area contributed by atoms with E-state index in [9.17, 15) is 9.59 Å². The highest BCUT2D eigenvalue weighted by atomic mass is 35.5. The Morgan fingerprint density at radius 1 is 1.00 bits per heavy atom. The maximum Gasteiger partial charge on any atom is 0.257 e. The third kappa shape index (κ3) is 4.66. The lowest BCUT2D eigenvalue weighted by Crippen LogP contribution is -2.30. The van der Waals surface area contributed by atoms with E-state index in [0.29, 0.717) is 29.2 Å². The van der Waals surface area contributed by atoms with Crippen molar-refractivity contribution < 1.29 is 9.59 Å². The molecule has 0 atom stereocenters. The monoisotopic (exact) mass is 410 g/mol. The number of hydrogen-bond acceptors (Lipinski definition) is 3. The number of halogens is 1. The molecule has 0 spiro atoms. The molecule has 2 aromatic carbocycles. The molecule has 0 N–H and O–H groups in total. The molecule has 3 rings (SSSR count). The van der Waals surface area contributed by atoms with Crippen LogP contribution in [0.25, 0.3) is 5.69 Å². The molecule has 2 amide bonds. The lowest BCUT2D eigenvalue weighted by molar-refractivity contribution is 0.0751. The van der Waals surface area contributed by atoms with Crippen LogP contribution in [-0.4, -0.2) is 52.0 Å². The van der Waals surface area contributed by atoms with Crippen molar-refractivity contribution in [2.45, 2.75) is 13.5 Å². The number of nitrogens with zero attached hydrogens (tertiary/aromatic N) is 4. The average molecular weight is 411 g/mol. The van der Waals surface area contributed by atoms with Gasteiger partial charge in [0.1, 0.15) is 0 Å². The van der Waals surface area contributed by atoms with E-state index in [1.807, 2.05) is 37.3 Å². The molecule has 1 heterocycles. The number of hydrogen-bond donors (Lipinski definition) is 0. The van der Waals surface area contributed by atoms with Crippen molar-refractivity contribution >= 4 is 23.4 Å². The molecule has 1 aromatic heterocycles. The minimum atomic E-state index is -0.112. The number of rotatable bonds is 6. The molecule has 6 nitrogen and oxygen atoms in total. The number of para-hydroxylation sites is 1. The largest absolute Gasteiger partial charge is 0.345 e. The van der Waals surface area contributed by atoms with Crippen molar-refractivity contribution in [1.82, 2.24) is 19.6 Å². The summed E-state index contributed by atoms with van der Waals surface area (Å²) >= 11 is 6.22. The molecule has 0 bridgehead atoms. The van der Waals surface area contributed by atoms with Crippen LogP contribution >= 0.6 is 11.6 Å². The molecule has 7 heteroatoms. The van der Waals surface area contributed by atoms with Gasteiger partial charge in [0.25, 0.3) is 11.8 Å². The molecule has 0 saturated heterocycles. The summed E-state index contributed by atoms with van der Waals surface area (Å²) in [5.41, 5.74) is 2.78. The van der Waals surface area contributed by atoms with Crippen LogP contribution in [-0.2, 0) is 6.54 Å². The van der Waals surface area contributed by atoms with E-state index in [4.69, 9.17) is 11.6 Å². The lowest BCUT2D eigenvalue weighted by Gasteiger charge is -2.20. The molecule has 0 aliphatic rings. The molecule has 0 fully saturated rings. The van der Waals surface area contributed by atoms with Gasteiger partial charge in [-0.1, -0.05) is 35.9 Å². The van der Waals surface area contributed by atoms with E-state index >= 15 is 0 Å². The first-order valence-electron chi connectivity index (χ1n) is 9.30. The molecule has 29 heavy (non-hydrogen) atoms. The molecular weight excluding hydrogens is 388 g/mol. The molecule has 0 aliphatic heterocycles. The molecule has 0 radical (unpaired) electrons. The second-order valence-corrected chi connectivity index (χ2v) is 7.25. The first-order chi connectivity index (χ1) is 13.9. The van der Waals surface area contributed by atoms with Gasteiger partial charge in [-0.2, -0.15) is 5.10 Å². The van der Waals surface area contributed by atoms with E-state index in [2.05, 4.69) is 5.10 Å². The van der Waals surface area contributed by atoms with Crippen LogP contribution in [0, 0.1) is 0 Å². The average Bonchev–Trinajstić information content (AvgIpc) is 3.21. The van der Waals surface area contributed by atoms with Crippen molar-refractivity contribution in [2.75, 3.05) is 20.6 Å². The highest BCUT2D eigenvalue weighted by Gasteiger charge is 2.18. The van der Waals surface area contributed by atoms with Crippen LogP contribution in [0.15, 0.2) is 60.9 Å². The number of benzene rings is 2. The third-order valence-corrected chi connectivity index (χ3v) is 4.90. The summed E-state index contributed by atoms with van der Waals surface area (Å²) in [7, 11) is 3.44. The predicted molar refractivity (Wildman–Crippen MR) is 113 cm³/mol. The summed E-state index contributed by atoms with van der Waals surface area (Å²) in [6, 6.07) is 14.7. The van der Waals surface area contributed by atoms with E-state index in [1.54, 1.807) is 54.3 Å². The van der Waals surface area contributed by atoms with Gasteiger partial charge in [-0.3, -0.25) is 9.59 Å². The topological polar surface area (TPSA) is 58.4 Å². The maximum absolute atomic E-state index is 13.0. The minimum Gasteiger partial charge on any atom is -0.345 e. The van der Waals surface area contributed by atoms with Gasteiger partial charge in [-0.15, -0.1) is 0 Å². The number of aromatic nitrogens is 2. The standard InChI is InChI=1S/C22H23ClN4O2/c1-4-26(14-16-9-11-17(12-10-16)21(28)25(2)3)22(29)18-13-24-27(15-18)20-8-6-5-7-19(20)23/h5-13,15H,4,14H2,1-3H3. The first kappa shape index (κ1) is 20.6. The normalized spacial score (nSPS) is 10.6. The van der Waals surface area contributed by atoms with Crippen LogP contribution in [0.5, 0.6) is 0 Å². The summed E-state index contributed by atoms with van der Waals surface area (Å²) in [6.07, 6.45) is 3.23. The van der Waals surface area contributed by atoms with Crippen molar-refractivity contribution in [3.05, 3.63) is 82.6 Å². The summed E-state index contributed by atoms with van der Waals surface area (Å²) in [5, 5.41) is 4.85. The van der Waals surface area contributed by atoms with Gasteiger partial charge in [0.05, 0.1) is 22.5 Å². The van der Waals surface area contributed by atoms with Gasteiger partial charge < -0.3 is 9.80 Å². The Balaban J connectivity index is 1.74. The molecular formula is C22H23ClN4O2. The van der Waals surface area contributed by atoms with Gasteiger partial charge in [-0.25, -0.2) is 4.68 Å². The fraction of sp³-hybridized carbons (Fsp3) is 0.227. The van der Waals surface area contributed by atoms with Crippen LogP contribution in [0.4, 0.5) is 0 Å². The van der Waals surface area contributed by atoms with E-state index < -0.39 is 0 Å². The number of carbonyl (C=O) groups is 2. The van der Waals surface area contributed by atoms with Gasteiger partial charge in [0.15, 0.2) is 0 Å². The van der Waals surface area contributed by atoms with Crippen LogP contribution < -0.4 is 0 Å². The molecule has 0 saturated carbocycles. The fourth-order valence-corrected chi connectivity index (χ4v) is 3.17. The van der Waals surface area contributed by atoms with Crippen LogP contribution in [0.2, 0.25) is 5.02 Å². The van der Waals surface area contributed by atoms with Gasteiger partial charge in [-0.05, 0) is 36.8 Å². The van der Waals surface area contributed by atoms with Crippen molar-refractivity contribution in [2.24, 2.45) is 0 Å². The second kappa shape index (κ2) is 8.92.